The van der Waals surface area contributed by atoms with Crippen molar-refractivity contribution in [3.63, 3.8) is 0 Å². The van der Waals surface area contributed by atoms with Crippen LogP contribution in [0.3, 0.4) is 0 Å². The first-order valence-electron chi connectivity index (χ1n) is 28.9. The minimum absolute atomic E-state index is 0.298. The molecule has 0 saturated carbocycles. The van der Waals surface area contributed by atoms with Crippen molar-refractivity contribution >= 4 is 110 Å². The van der Waals surface area contributed by atoms with Gasteiger partial charge in [-0.1, -0.05) is 248 Å². The Morgan fingerprint density at radius 2 is 0.634 bits per heavy atom. The van der Waals surface area contributed by atoms with Crippen molar-refractivity contribution in [1.29, 1.82) is 0 Å². The van der Waals surface area contributed by atoms with Crippen LogP contribution in [-0.4, -0.2) is 0 Å². The number of fused-ring (bicyclic) bond motifs is 6. The Morgan fingerprint density at radius 3 is 1.01 bits per heavy atom. The number of hydrogen-bond acceptors (Lipinski definition) is 4. The third-order valence-electron chi connectivity index (χ3n) is 15.4. The summed E-state index contributed by atoms with van der Waals surface area (Å²) in [6.07, 6.45) is 3.50. The minimum Gasteiger partial charge on any atom is -0.454 e. The van der Waals surface area contributed by atoms with Gasteiger partial charge in [-0.15, -0.1) is 13.2 Å². The Bertz CT molecular complexity index is 4270. The number of furan rings is 2. The number of rotatable bonds is 10. The first-order chi connectivity index (χ1) is 40.2. The standard InChI is InChI=1S/C70H52N2O2.2C3H6.C2H6/c1-43(2)49-25-15-27-53-55-29-17-33-63(69(55)73-67(49)53)71(59-31-13-11-23-51(59)45-19-7-5-8-20-45)61-41-37-47-36-40-58-62(42-38-48-35-39-57(61)65(47)66(48)58)72(60-32-14-12-24-52(60)46-21-9-6-10-22-46)64-34-18-30-56-54-28-16-26-50(44(3)4)68(54)74-70(56)64;2*1-3-2;1-2/h5-44H,1-4H3;2*3H,1H2,2H3;1-2H3. The molecule has 0 fully saturated rings. The van der Waals surface area contributed by atoms with E-state index in [2.05, 4.69) is 281 Å². The number of para-hydroxylation sites is 6. The zero-order chi connectivity index (χ0) is 57.0. The van der Waals surface area contributed by atoms with Crippen molar-refractivity contribution < 1.29 is 8.83 Å². The third-order valence-corrected chi connectivity index (χ3v) is 15.4. The van der Waals surface area contributed by atoms with E-state index in [-0.39, 0.29) is 0 Å². The molecule has 0 N–H and O–H groups in total. The molecule has 2 heterocycles. The number of hydrogen-bond donors (Lipinski definition) is 0. The molecule has 0 atom stereocenters. The summed E-state index contributed by atoms with van der Waals surface area (Å²) >= 11 is 0. The second kappa shape index (κ2) is 23.6. The lowest BCUT2D eigenvalue weighted by atomic mass is 9.91. The van der Waals surface area contributed by atoms with Crippen LogP contribution in [0.5, 0.6) is 0 Å². The van der Waals surface area contributed by atoms with Crippen LogP contribution in [0.4, 0.5) is 34.1 Å². The number of benzene rings is 12. The zero-order valence-corrected chi connectivity index (χ0v) is 48.4. The summed E-state index contributed by atoms with van der Waals surface area (Å²) in [6, 6.07) is 83.9. The van der Waals surface area contributed by atoms with Gasteiger partial charge in [0, 0.05) is 43.4 Å². The molecule has 0 spiro atoms. The average Bonchev–Trinajstić information content (AvgIpc) is 3.46. The highest BCUT2D eigenvalue weighted by molar-refractivity contribution is 6.29. The Balaban J connectivity index is 0.000000839. The molecular weight excluding hydrogens is 997 g/mol. The maximum Gasteiger partial charge on any atom is 0.159 e. The summed E-state index contributed by atoms with van der Waals surface area (Å²) in [5, 5.41) is 11.5. The first-order valence-corrected chi connectivity index (χ1v) is 28.9. The van der Waals surface area contributed by atoms with E-state index in [0.29, 0.717) is 11.8 Å². The Kier molecular flexibility index (Phi) is 15.6. The van der Waals surface area contributed by atoms with E-state index in [4.69, 9.17) is 8.83 Å². The molecule has 4 nitrogen and oxygen atoms in total. The Labute approximate surface area is 482 Å². The van der Waals surface area contributed by atoms with Gasteiger partial charge in [-0.05, 0) is 106 Å². The summed E-state index contributed by atoms with van der Waals surface area (Å²) in [6.45, 7) is 23.5. The van der Waals surface area contributed by atoms with Crippen LogP contribution < -0.4 is 9.80 Å². The van der Waals surface area contributed by atoms with Crippen LogP contribution >= 0.6 is 0 Å². The van der Waals surface area contributed by atoms with Gasteiger partial charge in [0.2, 0.25) is 0 Å². The molecular formula is C78H70N2O2. The summed E-state index contributed by atoms with van der Waals surface area (Å²) in [4.78, 5) is 4.90. The predicted molar refractivity (Wildman–Crippen MR) is 356 cm³/mol. The Hall–Kier alpha value is -9.64. The van der Waals surface area contributed by atoms with E-state index in [9.17, 15) is 0 Å². The summed E-state index contributed by atoms with van der Waals surface area (Å²) < 4.78 is 14.3. The lowest BCUT2D eigenvalue weighted by Gasteiger charge is -2.31. The summed E-state index contributed by atoms with van der Waals surface area (Å²) in [5.74, 6) is 0.597. The predicted octanol–water partition coefficient (Wildman–Crippen LogP) is 24.3. The fraction of sp³-hybridized carbons (Fsp3) is 0.128. The van der Waals surface area contributed by atoms with Crippen LogP contribution in [0.2, 0.25) is 0 Å². The molecule has 2 aromatic heterocycles. The summed E-state index contributed by atoms with van der Waals surface area (Å²) in [7, 11) is 0. The molecule has 14 aromatic rings. The Morgan fingerprint density at radius 1 is 0.317 bits per heavy atom. The van der Waals surface area contributed by atoms with E-state index in [1.54, 1.807) is 12.2 Å². The lowest BCUT2D eigenvalue weighted by molar-refractivity contribution is 0.657. The molecule has 0 saturated heterocycles. The van der Waals surface area contributed by atoms with Gasteiger partial charge in [-0.2, -0.15) is 0 Å². The fourth-order valence-electron chi connectivity index (χ4n) is 11.9. The average molecular weight is 1070 g/mol. The molecule has 0 aliphatic rings. The number of nitrogens with zero attached hydrogens (tertiary/aromatic N) is 2. The highest BCUT2D eigenvalue weighted by Crippen LogP contribution is 2.53. The van der Waals surface area contributed by atoms with Crippen LogP contribution in [0, 0.1) is 0 Å². The van der Waals surface area contributed by atoms with E-state index in [1.807, 2.05) is 27.7 Å². The molecule has 0 aliphatic carbocycles. The van der Waals surface area contributed by atoms with E-state index >= 15 is 0 Å². The second-order valence-corrected chi connectivity index (χ2v) is 21.1. The van der Waals surface area contributed by atoms with E-state index < -0.39 is 0 Å². The van der Waals surface area contributed by atoms with Gasteiger partial charge in [-0.25, -0.2) is 0 Å². The van der Waals surface area contributed by atoms with Gasteiger partial charge in [0.05, 0.1) is 34.1 Å². The highest BCUT2D eigenvalue weighted by Gasteiger charge is 2.28. The van der Waals surface area contributed by atoms with Gasteiger partial charge in [0.25, 0.3) is 0 Å². The van der Waals surface area contributed by atoms with Gasteiger partial charge >= 0.3 is 0 Å². The number of anilines is 6. The van der Waals surface area contributed by atoms with Crippen molar-refractivity contribution in [3.05, 3.63) is 267 Å². The molecule has 0 radical (unpaired) electrons. The molecule has 0 bridgehead atoms. The lowest BCUT2D eigenvalue weighted by Crippen LogP contribution is -2.13. The van der Waals surface area contributed by atoms with Gasteiger partial charge < -0.3 is 18.6 Å². The maximum atomic E-state index is 7.15. The van der Waals surface area contributed by atoms with E-state index in [0.717, 1.165) is 111 Å². The van der Waals surface area contributed by atoms with E-state index in [1.165, 1.54) is 32.7 Å². The number of allylic oxidation sites excluding steroid dienone is 2. The highest BCUT2D eigenvalue weighted by atomic mass is 16.3. The third kappa shape index (κ3) is 9.54. The van der Waals surface area contributed by atoms with Crippen molar-refractivity contribution in [2.45, 2.75) is 67.2 Å². The van der Waals surface area contributed by atoms with Gasteiger partial charge in [0.1, 0.15) is 11.2 Å². The molecule has 0 aliphatic heterocycles. The first kappa shape index (κ1) is 54.3. The molecule has 0 amide bonds. The molecule has 0 unspecified atom stereocenters. The van der Waals surface area contributed by atoms with Crippen molar-refractivity contribution in [2.24, 2.45) is 0 Å². The van der Waals surface area contributed by atoms with Gasteiger partial charge in [0.15, 0.2) is 11.2 Å². The largest absolute Gasteiger partial charge is 0.454 e. The summed E-state index contributed by atoms with van der Waals surface area (Å²) in [5.41, 5.74) is 16.8. The van der Waals surface area contributed by atoms with Crippen molar-refractivity contribution in [3.8, 4) is 22.3 Å². The SMILES string of the molecule is C=CC.C=CC.CC.CC(C)c1cccc2c1oc1c(N(c3ccccc3-c3ccccc3)c3ccc4ccc5c(N(c6ccccc6-c6ccccc6)c6cccc7c6oc6c(C(C)C)cccc67)ccc6ccc3c4c65)cccc12. The van der Waals surface area contributed by atoms with Gasteiger partial charge in [-0.3, -0.25) is 0 Å². The second-order valence-electron chi connectivity index (χ2n) is 21.1. The van der Waals surface area contributed by atoms with Crippen molar-refractivity contribution in [2.75, 3.05) is 9.80 Å². The molecule has 82 heavy (non-hydrogen) atoms. The topological polar surface area (TPSA) is 32.8 Å². The minimum atomic E-state index is 0.298. The smallest absolute Gasteiger partial charge is 0.159 e. The molecule has 4 heteroatoms. The van der Waals surface area contributed by atoms with Crippen LogP contribution in [0.15, 0.2) is 265 Å². The normalized spacial score (nSPS) is 11.2. The molecule has 404 valence electrons. The maximum absolute atomic E-state index is 7.15. The van der Waals surface area contributed by atoms with Crippen LogP contribution in [-0.2, 0) is 0 Å². The zero-order valence-electron chi connectivity index (χ0n) is 48.4. The van der Waals surface area contributed by atoms with Crippen LogP contribution in [0.1, 0.15) is 78.4 Å². The fourth-order valence-corrected chi connectivity index (χ4v) is 11.9. The monoisotopic (exact) mass is 1070 g/mol. The molecule has 14 rings (SSSR count). The van der Waals surface area contributed by atoms with Crippen molar-refractivity contribution in [1.82, 2.24) is 0 Å². The quantitative estimate of drug-likeness (QED) is 0.101. The molecule has 12 aromatic carbocycles. The van der Waals surface area contributed by atoms with Crippen LogP contribution in [0.25, 0.3) is 98.4 Å².